The highest BCUT2D eigenvalue weighted by molar-refractivity contribution is 7.99. The van der Waals surface area contributed by atoms with Crippen LogP contribution in [0.3, 0.4) is 0 Å². The van der Waals surface area contributed by atoms with Crippen molar-refractivity contribution in [2.75, 3.05) is 17.7 Å². The Morgan fingerprint density at radius 2 is 2.06 bits per heavy atom. The zero-order chi connectivity index (χ0) is 11.0. The van der Waals surface area contributed by atoms with Gasteiger partial charge in [0, 0.05) is 17.9 Å². The molecule has 1 aromatic carbocycles. The average molecular weight is 232 g/mol. The molecular weight excluding hydrogens is 220 g/mol. The molecule has 2 heterocycles. The number of aryl methyl sites for hydroxylation is 1. The van der Waals surface area contributed by atoms with Crippen molar-refractivity contribution >= 4 is 11.8 Å². The van der Waals surface area contributed by atoms with E-state index < -0.39 is 0 Å². The van der Waals surface area contributed by atoms with E-state index in [1.165, 1.54) is 5.56 Å². The summed E-state index contributed by atoms with van der Waals surface area (Å²) in [5.74, 6) is 1.94. The molecule has 1 N–H and O–H groups in total. The minimum atomic E-state index is 0.891. The van der Waals surface area contributed by atoms with Gasteiger partial charge < -0.3 is 5.43 Å². The van der Waals surface area contributed by atoms with Crippen LogP contribution < -0.4 is 5.43 Å². The standard InChI is InChI=1S/C11H12N4S/c1-8-2-4-9(5-3-8)10-13-14-11-15(10)12-6-7-16-11/h2-5,12H,6-7H2,1H3. The number of aromatic nitrogens is 3. The molecule has 0 fully saturated rings. The van der Waals surface area contributed by atoms with Crippen LogP contribution in [0.2, 0.25) is 0 Å². The Balaban J connectivity index is 2.06. The number of benzene rings is 1. The van der Waals surface area contributed by atoms with Crippen LogP contribution in [0, 0.1) is 6.92 Å². The van der Waals surface area contributed by atoms with E-state index in [4.69, 9.17) is 0 Å². The van der Waals surface area contributed by atoms with Crippen molar-refractivity contribution in [3.05, 3.63) is 29.8 Å². The topological polar surface area (TPSA) is 42.7 Å². The third-order valence-electron chi connectivity index (χ3n) is 2.55. The van der Waals surface area contributed by atoms with Crippen LogP contribution in [-0.4, -0.2) is 27.2 Å². The lowest BCUT2D eigenvalue weighted by atomic mass is 10.1. The highest BCUT2D eigenvalue weighted by atomic mass is 32.2. The first-order valence-electron chi connectivity index (χ1n) is 5.24. The highest BCUT2D eigenvalue weighted by Gasteiger charge is 2.16. The normalized spacial score (nSPS) is 14.3. The molecule has 0 bridgehead atoms. The van der Waals surface area contributed by atoms with E-state index in [-0.39, 0.29) is 0 Å². The first-order valence-corrected chi connectivity index (χ1v) is 6.22. The summed E-state index contributed by atoms with van der Waals surface area (Å²) in [5.41, 5.74) is 5.65. The molecule has 1 aromatic heterocycles. The van der Waals surface area contributed by atoms with Crippen LogP contribution in [-0.2, 0) is 0 Å². The van der Waals surface area contributed by atoms with E-state index in [2.05, 4.69) is 46.8 Å². The lowest BCUT2D eigenvalue weighted by Crippen LogP contribution is -2.23. The molecule has 0 aliphatic carbocycles. The summed E-state index contributed by atoms with van der Waals surface area (Å²) in [6, 6.07) is 8.33. The van der Waals surface area contributed by atoms with Gasteiger partial charge in [-0.3, -0.25) is 0 Å². The monoisotopic (exact) mass is 232 g/mol. The number of hydrogen-bond donors (Lipinski definition) is 1. The molecule has 0 radical (unpaired) electrons. The molecule has 4 nitrogen and oxygen atoms in total. The summed E-state index contributed by atoms with van der Waals surface area (Å²) in [4.78, 5) is 0. The van der Waals surface area contributed by atoms with Crippen molar-refractivity contribution in [1.29, 1.82) is 0 Å². The van der Waals surface area contributed by atoms with Crippen LogP contribution in [0.1, 0.15) is 5.56 Å². The molecular formula is C11H12N4S. The first-order chi connectivity index (χ1) is 7.84. The summed E-state index contributed by atoms with van der Waals surface area (Å²) in [6.07, 6.45) is 0. The van der Waals surface area contributed by atoms with Crippen LogP contribution in [0.15, 0.2) is 29.4 Å². The predicted octanol–water partition coefficient (Wildman–Crippen LogP) is 1.90. The second kappa shape index (κ2) is 3.83. The number of nitrogens with one attached hydrogen (secondary N) is 1. The van der Waals surface area contributed by atoms with Crippen LogP contribution in [0.4, 0.5) is 0 Å². The minimum absolute atomic E-state index is 0.891. The molecule has 0 spiro atoms. The van der Waals surface area contributed by atoms with Crippen molar-refractivity contribution in [2.24, 2.45) is 0 Å². The molecule has 0 saturated heterocycles. The second-order valence-corrected chi connectivity index (χ2v) is 4.83. The van der Waals surface area contributed by atoms with E-state index in [1.807, 2.05) is 4.68 Å². The molecule has 16 heavy (non-hydrogen) atoms. The van der Waals surface area contributed by atoms with Gasteiger partial charge in [0.25, 0.3) is 0 Å². The third kappa shape index (κ3) is 1.57. The number of hydrogen-bond acceptors (Lipinski definition) is 4. The lowest BCUT2D eigenvalue weighted by Gasteiger charge is -2.16. The lowest BCUT2D eigenvalue weighted by molar-refractivity contribution is 0.755. The molecule has 0 atom stereocenters. The molecule has 1 aliphatic heterocycles. The van der Waals surface area contributed by atoms with Crippen LogP contribution >= 0.6 is 11.8 Å². The Morgan fingerprint density at radius 3 is 2.88 bits per heavy atom. The second-order valence-electron chi connectivity index (χ2n) is 3.76. The molecule has 0 saturated carbocycles. The van der Waals surface area contributed by atoms with Gasteiger partial charge in [-0.15, -0.1) is 10.2 Å². The maximum absolute atomic E-state index is 4.23. The molecule has 1 aliphatic rings. The van der Waals surface area contributed by atoms with Gasteiger partial charge in [0.05, 0.1) is 0 Å². The van der Waals surface area contributed by atoms with Crippen LogP contribution in [0.5, 0.6) is 0 Å². The first kappa shape index (κ1) is 9.72. The number of rotatable bonds is 1. The SMILES string of the molecule is Cc1ccc(-c2nnc3n2NCCS3)cc1. The number of fused-ring (bicyclic) bond motifs is 1. The third-order valence-corrected chi connectivity index (χ3v) is 3.48. The van der Waals surface area contributed by atoms with Crippen molar-refractivity contribution in [2.45, 2.75) is 12.1 Å². The zero-order valence-electron chi connectivity index (χ0n) is 8.97. The van der Waals surface area contributed by atoms with Gasteiger partial charge in [-0.05, 0) is 6.92 Å². The highest BCUT2D eigenvalue weighted by Crippen LogP contribution is 2.24. The minimum Gasteiger partial charge on any atom is -0.321 e. The average Bonchev–Trinajstić information content (AvgIpc) is 2.74. The van der Waals surface area contributed by atoms with E-state index in [9.17, 15) is 0 Å². The molecule has 82 valence electrons. The quantitative estimate of drug-likeness (QED) is 0.815. The van der Waals surface area contributed by atoms with E-state index in [0.29, 0.717) is 0 Å². The van der Waals surface area contributed by atoms with Gasteiger partial charge in [-0.2, -0.15) is 0 Å². The summed E-state index contributed by atoms with van der Waals surface area (Å²) >= 11 is 1.73. The molecule has 2 aromatic rings. The van der Waals surface area contributed by atoms with Gasteiger partial charge in [-0.1, -0.05) is 41.6 Å². The fourth-order valence-electron chi connectivity index (χ4n) is 1.70. The van der Waals surface area contributed by atoms with Gasteiger partial charge in [0.2, 0.25) is 5.16 Å². The summed E-state index contributed by atoms with van der Waals surface area (Å²) in [5, 5.41) is 9.34. The fourth-order valence-corrected chi connectivity index (χ4v) is 2.45. The predicted molar refractivity (Wildman–Crippen MR) is 65.1 cm³/mol. The van der Waals surface area contributed by atoms with Gasteiger partial charge in [-0.25, -0.2) is 4.68 Å². The Hall–Kier alpha value is -1.49. The van der Waals surface area contributed by atoms with Crippen molar-refractivity contribution in [1.82, 2.24) is 14.9 Å². The zero-order valence-corrected chi connectivity index (χ0v) is 9.79. The van der Waals surface area contributed by atoms with Crippen molar-refractivity contribution in [3.63, 3.8) is 0 Å². The maximum Gasteiger partial charge on any atom is 0.210 e. The smallest absolute Gasteiger partial charge is 0.210 e. The molecule has 0 amide bonds. The van der Waals surface area contributed by atoms with Gasteiger partial charge >= 0.3 is 0 Å². The van der Waals surface area contributed by atoms with Gasteiger partial charge in [0.1, 0.15) is 0 Å². The largest absolute Gasteiger partial charge is 0.321 e. The molecule has 0 unspecified atom stereocenters. The Labute approximate surface area is 98.0 Å². The van der Waals surface area contributed by atoms with Gasteiger partial charge in [0.15, 0.2) is 5.82 Å². The number of nitrogens with zero attached hydrogens (tertiary/aromatic N) is 3. The van der Waals surface area contributed by atoms with E-state index in [1.54, 1.807) is 11.8 Å². The Bertz CT molecular complexity index is 503. The molecule has 5 heteroatoms. The summed E-state index contributed by atoms with van der Waals surface area (Å²) in [6.45, 7) is 3.03. The van der Waals surface area contributed by atoms with Crippen molar-refractivity contribution in [3.8, 4) is 11.4 Å². The van der Waals surface area contributed by atoms with Crippen molar-refractivity contribution < 1.29 is 0 Å². The maximum atomic E-state index is 4.23. The van der Waals surface area contributed by atoms with E-state index in [0.717, 1.165) is 28.8 Å². The fraction of sp³-hybridized carbons (Fsp3) is 0.273. The van der Waals surface area contributed by atoms with E-state index >= 15 is 0 Å². The summed E-state index contributed by atoms with van der Waals surface area (Å²) in [7, 11) is 0. The summed E-state index contributed by atoms with van der Waals surface area (Å²) < 4.78 is 1.97. The number of thioether (sulfide) groups is 1. The molecule has 3 rings (SSSR count). The Kier molecular flexibility index (Phi) is 2.32. The van der Waals surface area contributed by atoms with Crippen LogP contribution in [0.25, 0.3) is 11.4 Å². The Morgan fingerprint density at radius 1 is 1.25 bits per heavy atom.